The fraction of sp³-hybridized carbons (Fsp3) is 0.300. The van der Waals surface area contributed by atoms with E-state index in [1.54, 1.807) is 12.1 Å². The van der Waals surface area contributed by atoms with Gasteiger partial charge in [-0.2, -0.15) is 0 Å². The van der Waals surface area contributed by atoms with E-state index in [9.17, 15) is 8.42 Å². The number of aryl methyl sites for hydroxylation is 2. The smallest absolute Gasteiger partial charge is 0.175 e. The maximum absolute atomic E-state index is 11.6. The molecule has 0 unspecified atom stereocenters. The first-order valence-electron chi connectivity index (χ1n) is 7.96. The molecule has 0 saturated heterocycles. The van der Waals surface area contributed by atoms with Crippen LogP contribution in [0.15, 0.2) is 47.4 Å². The summed E-state index contributed by atoms with van der Waals surface area (Å²) in [5, 5.41) is 0. The molecule has 0 aromatic heterocycles. The minimum absolute atomic E-state index is 0.382. The van der Waals surface area contributed by atoms with E-state index in [-0.39, 0.29) is 0 Å². The summed E-state index contributed by atoms with van der Waals surface area (Å²) >= 11 is 0. The van der Waals surface area contributed by atoms with Crippen LogP contribution in [0.3, 0.4) is 0 Å². The van der Waals surface area contributed by atoms with Crippen molar-refractivity contribution in [2.24, 2.45) is 0 Å². The zero-order valence-corrected chi connectivity index (χ0v) is 14.7. The van der Waals surface area contributed by atoms with Crippen LogP contribution in [-0.2, 0) is 9.84 Å². The number of sulfone groups is 1. The Bertz CT molecular complexity index is 872. The highest BCUT2D eigenvalue weighted by Gasteiger charge is 2.18. The van der Waals surface area contributed by atoms with Crippen LogP contribution in [0.25, 0.3) is 11.1 Å². The highest BCUT2D eigenvalue weighted by molar-refractivity contribution is 7.90. The SMILES string of the molecule is Cc1ccc(C2=C(c3ccc(S(C)(=O)=O)cc3)CCC2)cc1C. The Kier molecular flexibility index (Phi) is 4.15. The number of allylic oxidation sites excluding steroid dienone is 2. The van der Waals surface area contributed by atoms with E-state index in [0.29, 0.717) is 4.90 Å². The Balaban J connectivity index is 2.04. The fourth-order valence-electron chi connectivity index (χ4n) is 3.21. The van der Waals surface area contributed by atoms with Crippen LogP contribution in [0.5, 0.6) is 0 Å². The number of hydrogen-bond donors (Lipinski definition) is 0. The minimum atomic E-state index is -3.14. The molecule has 1 aliphatic rings. The third-order valence-electron chi connectivity index (χ3n) is 4.70. The quantitative estimate of drug-likeness (QED) is 0.812. The van der Waals surface area contributed by atoms with Gasteiger partial charge in [0, 0.05) is 6.26 Å². The van der Waals surface area contributed by atoms with Gasteiger partial charge in [0.2, 0.25) is 0 Å². The molecule has 0 N–H and O–H groups in total. The van der Waals surface area contributed by atoms with Gasteiger partial charge in [0.25, 0.3) is 0 Å². The van der Waals surface area contributed by atoms with E-state index >= 15 is 0 Å². The molecule has 0 radical (unpaired) electrons. The summed E-state index contributed by atoms with van der Waals surface area (Å²) < 4.78 is 23.2. The van der Waals surface area contributed by atoms with E-state index in [2.05, 4.69) is 32.0 Å². The minimum Gasteiger partial charge on any atom is -0.224 e. The molecule has 0 bridgehead atoms. The average Bonchev–Trinajstić information content (AvgIpc) is 2.99. The molecule has 1 aliphatic carbocycles. The third-order valence-corrected chi connectivity index (χ3v) is 5.83. The van der Waals surface area contributed by atoms with Gasteiger partial charge in [0.1, 0.15) is 0 Å². The lowest BCUT2D eigenvalue weighted by atomic mass is 9.95. The predicted molar refractivity (Wildman–Crippen MR) is 96.1 cm³/mol. The molecule has 0 aliphatic heterocycles. The van der Waals surface area contributed by atoms with Crippen molar-refractivity contribution in [1.29, 1.82) is 0 Å². The average molecular weight is 326 g/mol. The maximum Gasteiger partial charge on any atom is 0.175 e. The van der Waals surface area contributed by atoms with Crippen LogP contribution < -0.4 is 0 Å². The molecule has 0 atom stereocenters. The Morgan fingerprint density at radius 1 is 0.783 bits per heavy atom. The second kappa shape index (κ2) is 5.97. The first-order chi connectivity index (χ1) is 10.9. The summed E-state index contributed by atoms with van der Waals surface area (Å²) in [4.78, 5) is 0.382. The number of rotatable bonds is 3. The van der Waals surface area contributed by atoms with Crippen LogP contribution in [0.4, 0.5) is 0 Å². The van der Waals surface area contributed by atoms with Gasteiger partial charge in [-0.25, -0.2) is 8.42 Å². The van der Waals surface area contributed by atoms with Crippen molar-refractivity contribution in [3.63, 3.8) is 0 Å². The van der Waals surface area contributed by atoms with Crippen LogP contribution in [0.2, 0.25) is 0 Å². The summed E-state index contributed by atoms with van der Waals surface area (Å²) in [6.07, 6.45) is 4.55. The van der Waals surface area contributed by atoms with E-state index in [1.165, 1.54) is 34.1 Å². The molecular formula is C20H22O2S. The molecule has 0 amide bonds. The third kappa shape index (κ3) is 3.25. The summed E-state index contributed by atoms with van der Waals surface area (Å²) in [5.41, 5.74) is 7.82. The Hall–Kier alpha value is -1.87. The lowest BCUT2D eigenvalue weighted by Crippen LogP contribution is -1.97. The maximum atomic E-state index is 11.6. The monoisotopic (exact) mass is 326 g/mol. The second-order valence-electron chi connectivity index (χ2n) is 6.41. The Morgan fingerprint density at radius 3 is 1.91 bits per heavy atom. The molecule has 2 nitrogen and oxygen atoms in total. The van der Waals surface area contributed by atoms with Crippen molar-refractivity contribution in [3.8, 4) is 0 Å². The summed E-state index contributed by atoms with van der Waals surface area (Å²) in [6.45, 7) is 4.28. The lowest BCUT2D eigenvalue weighted by molar-refractivity contribution is 0.602. The van der Waals surface area contributed by atoms with Crippen molar-refractivity contribution in [2.45, 2.75) is 38.0 Å². The molecule has 2 aromatic rings. The van der Waals surface area contributed by atoms with Crippen molar-refractivity contribution in [1.82, 2.24) is 0 Å². The topological polar surface area (TPSA) is 34.1 Å². The Morgan fingerprint density at radius 2 is 1.35 bits per heavy atom. The largest absolute Gasteiger partial charge is 0.224 e. The predicted octanol–water partition coefficient (Wildman–Crippen LogP) is 4.80. The molecule has 23 heavy (non-hydrogen) atoms. The van der Waals surface area contributed by atoms with Crippen LogP contribution in [0, 0.1) is 13.8 Å². The number of hydrogen-bond acceptors (Lipinski definition) is 2. The van der Waals surface area contributed by atoms with Crippen molar-refractivity contribution in [2.75, 3.05) is 6.26 Å². The molecule has 0 fully saturated rings. The van der Waals surface area contributed by atoms with Gasteiger partial charge in [-0.1, -0.05) is 30.3 Å². The van der Waals surface area contributed by atoms with Gasteiger partial charge in [0.05, 0.1) is 4.90 Å². The molecule has 0 spiro atoms. The lowest BCUT2D eigenvalue weighted by Gasteiger charge is -2.11. The summed E-state index contributed by atoms with van der Waals surface area (Å²) in [6, 6.07) is 14.0. The van der Waals surface area contributed by atoms with Gasteiger partial charge < -0.3 is 0 Å². The highest BCUT2D eigenvalue weighted by Crippen LogP contribution is 2.40. The molecule has 0 heterocycles. The van der Waals surface area contributed by atoms with Gasteiger partial charge in [-0.15, -0.1) is 0 Å². The van der Waals surface area contributed by atoms with E-state index < -0.39 is 9.84 Å². The highest BCUT2D eigenvalue weighted by atomic mass is 32.2. The first-order valence-corrected chi connectivity index (χ1v) is 9.85. The van der Waals surface area contributed by atoms with Crippen LogP contribution >= 0.6 is 0 Å². The molecule has 3 heteroatoms. The summed E-state index contributed by atoms with van der Waals surface area (Å²) in [5.74, 6) is 0. The molecule has 120 valence electrons. The van der Waals surface area contributed by atoms with Gasteiger partial charge >= 0.3 is 0 Å². The molecule has 2 aromatic carbocycles. The van der Waals surface area contributed by atoms with Gasteiger partial charge in [-0.05, 0) is 78.6 Å². The van der Waals surface area contributed by atoms with Crippen LogP contribution in [0.1, 0.15) is 41.5 Å². The number of benzene rings is 2. The fourth-order valence-corrected chi connectivity index (χ4v) is 3.84. The van der Waals surface area contributed by atoms with Gasteiger partial charge in [0.15, 0.2) is 9.84 Å². The summed E-state index contributed by atoms with van der Waals surface area (Å²) in [7, 11) is -3.14. The zero-order chi connectivity index (χ0) is 16.6. The second-order valence-corrected chi connectivity index (χ2v) is 8.42. The van der Waals surface area contributed by atoms with E-state index in [0.717, 1.165) is 24.8 Å². The van der Waals surface area contributed by atoms with Crippen LogP contribution in [-0.4, -0.2) is 14.7 Å². The first kappa shape index (κ1) is 16.0. The molecular weight excluding hydrogens is 304 g/mol. The normalized spacial score (nSPS) is 15.3. The Labute approximate surface area is 138 Å². The molecule has 3 rings (SSSR count). The van der Waals surface area contributed by atoms with Crippen molar-refractivity contribution < 1.29 is 8.42 Å². The van der Waals surface area contributed by atoms with Crippen molar-refractivity contribution >= 4 is 21.0 Å². The van der Waals surface area contributed by atoms with Crippen molar-refractivity contribution in [3.05, 3.63) is 64.7 Å². The van der Waals surface area contributed by atoms with E-state index in [4.69, 9.17) is 0 Å². The standard InChI is InChI=1S/C20H22O2S/c1-14-7-8-17(13-15(14)2)20-6-4-5-19(20)16-9-11-18(12-10-16)23(3,21)22/h7-13H,4-6H2,1-3H3. The van der Waals surface area contributed by atoms with E-state index in [1.807, 2.05) is 12.1 Å². The zero-order valence-electron chi connectivity index (χ0n) is 13.9. The molecule has 0 saturated carbocycles. The van der Waals surface area contributed by atoms with Gasteiger partial charge in [-0.3, -0.25) is 0 Å².